The van der Waals surface area contributed by atoms with Gasteiger partial charge in [-0.2, -0.15) is 0 Å². The van der Waals surface area contributed by atoms with Crippen molar-refractivity contribution in [3.05, 3.63) is 10.6 Å². The number of hydrogen-bond donors (Lipinski definition) is 1. The van der Waals surface area contributed by atoms with Gasteiger partial charge in [0.05, 0.1) is 0 Å². The molecule has 1 unspecified atom stereocenters. The molecule has 0 saturated carbocycles. The highest BCUT2D eigenvalue weighted by molar-refractivity contribution is 7.15. The molecular weight excluding hydrogens is 248 g/mol. The van der Waals surface area contributed by atoms with Crippen LogP contribution in [-0.4, -0.2) is 16.6 Å². The molecule has 2 N–H and O–H groups in total. The minimum Gasteiger partial charge on any atom is -0.455 e. The highest BCUT2D eigenvalue weighted by Crippen LogP contribution is 2.33. The molecule has 0 saturated heterocycles. The number of hydrogen-bond acceptors (Lipinski definition) is 5. The molecule has 102 valence electrons. The van der Waals surface area contributed by atoms with Crippen LogP contribution in [0.25, 0.3) is 0 Å². The lowest BCUT2D eigenvalue weighted by molar-refractivity contribution is 0.00620. The second-order valence-electron chi connectivity index (χ2n) is 5.80. The standard InChI is InChI=1S/C13H22N2O2S/c1-7(2)8(3)10-9(15-12(14)18-10)11(16)17-13(4,5)6/h7-8H,1-6H3,(H2,14,15). The number of carbonyl (C=O) groups is 1. The topological polar surface area (TPSA) is 65.2 Å². The van der Waals surface area contributed by atoms with Crippen molar-refractivity contribution in [3.8, 4) is 0 Å². The van der Waals surface area contributed by atoms with Gasteiger partial charge >= 0.3 is 5.97 Å². The highest BCUT2D eigenvalue weighted by atomic mass is 32.1. The minimum atomic E-state index is -0.520. The number of rotatable bonds is 3. The molecule has 1 rings (SSSR count). The van der Waals surface area contributed by atoms with Gasteiger partial charge < -0.3 is 10.5 Å². The molecule has 0 aliphatic rings. The van der Waals surface area contributed by atoms with Gasteiger partial charge in [0.1, 0.15) is 5.60 Å². The fourth-order valence-corrected chi connectivity index (χ4v) is 2.48. The third-order valence-corrected chi connectivity index (χ3v) is 3.76. The van der Waals surface area contributed by atoms with Crippen LogP contribution in [0.4, 0.5) is 5.13 Å². The Balaban J connectivity index is 3.05. The van der Waals surface area contributed by atoms with Crippen molar-refractivity contribution in [2.24, 2.45) is 5.92 Å². The lowest BCUT2D eigenvalue weighted by atomic mass is 9.95. The van der Waals surface area contributed by atoms with E-state index < -0.39 is 11.6 Å². The molecule has 4 nitrogen and oxygen atoms in total. The maximum Gasteiger partial charge on any atom is 0.358 e. The Hall–Kier alpha value is -1.10. The molecule has 0 aromatic carbocycles. The highest BCUT2D eigenvalue weighted by Gasteiger charge is 2.27. The lowest BCUT2D eigenvalue weighted by Gasteiger charge is -2.20. The molecule has 18 heavy (non-hydrogen) atoms. The molecule has 0 bridgehead atoms. The second kappa shape index (κ2) is 5.26. The second-order valence-corrected chi connectivity index (χ2v) is 6.86. The van der Waals surface area contributed by atoms with Crippen molar-refractivity contribution < 1.29 is 9.53 Å². The van der Waals surface area contributed by atoms with Crippen LogP contribution in [0.3, 0.4) is 0 Å². The average Bonchev–Trinajstić information content (AvgIpc) is 2.56. The molecule has 0 spiro atoms. The Labute approximate surface area is 113 Å². The Morgan fingerprint density at radius 2 is 1.89 bits per heavy atom. The zero-order valence-electron chi connectivity index (χ0n) is 11.9. The summed E-state index contributed by atoms with van der Waals surface area (Å²) in [5.41, 5.74) is 5.57. The number of thiazole rings is 1. The molecule has 0 aliphatic heterocycles. The molecule has 0 aliphatic carbocycles. The van der Waals surface area contributed by atoms with Crippen LogP contribution in [0.2, 0.25) is 0 Å². The summed E-state index contributed by atoms with van der Waals surface area (Å²) in [6.45, 7) is 11.8. The SMILES string of the molecule is CC(C)C(C)c1sc(N)nc1C(=O)OC(C)(C)C. The van der Waals surface area contributed by atoms with E-state index in [9.17, 15) is 4.79 Å². The first-order chi connectivity index (χ1) is 8.11. The number of aromatic nitrogens is 1. The fourth-order valence-electron chi connectivity index (χ4n) is 1.43. The Bertz CT molecular complexity index is 433. The molecule has 0 amide bonds. The summed E-state index contributed by atoms with van der Waals surface area (Å²) in [6, 6.07) is 0. The monoisotopic (exact) mass is 270 g/mol. The summed E-state index contributed by atoms with van der Waals surface area (Å²) in [5, 5.41) is 0.415. The van der Waals surface area contributed by atoms with Crippen LogP contribution in [0.15, 0.2) is 0 Å². The van der Waals surface area contributed by atoms with Gasteiger partial charge in [-0.15, -0.1) is 11.3 Å². The summed E-state index contributed by atoms with van der Waals surface area (Å²) >= 11 is 1.37. The Kier molecular flexibility index (Phi) is 4.37. The largest absolute Gasteiger partial charge is 0.455 e. The van der Waals surface area contributed by atoms with Crippen molar-refractivity contribution >= 4 is 22.4 Å². The van der Waals surface area contributed by atoms with Crippen LogP contribution in [0, 0.1) is 5.92 Å². The van der Waals surface area contributed by atoms with Crippen LogP contribution < -0.4 is 5.73 Å². The van der Waals surface area contributed by atoms with Gasteiger partial charge in [-0.3, -0.25) is 0 Å². The number of nitrogen functional groups attached to an aromatic ring is 1. The van der Waals surface area contributed by atoms with Crippen LogP contribution in [0.1, 0.15) is 62.8 Å². The predicted molar refractivity (Wildman–Crippen MR) is 74.9 cm³/mol. The number of carbonyl (C=O) groups excluding carboxylic acids is 1. The average molecular weight is 270 g/mol. The minimum absolute atomic E-state index is 0.238. The van der Waals surface area contributed by atoms with Crippen LogP contribution in [-0.2, 0) is 4.74 Å². The smallest absolute Gasteiger partial charge is 0.358 e. The molecule has 1 aromatic heterocycles. The maximum absolute atomic E-state index is 12.1. The Morgan fingerprint density at radius 1 is 1.33 bits per heavy atom. The van der Waals surface area contributed by atoms with Gasteiger partial charge in [-0.05, 0) is 32.6 Å². The van der Waals surface area contributed by atoms with Gasteiger partial charge in [0.15, 0.2) is 10.8 Å². The summed E-state index contributed by atoms with van der Waals surface area (Å²) in [5.74, 6) is 0.270. The van der Waals surface area contributed by atoms with Crippen molar-refractivity contribution in [1.82, 2.24) is 4.98 Å². The van der Waals surface area contributed by atoms with Gasteiger partial charge in [0.2, 0.25) is 0 Å². The van der Waals surface area contributed by atoms with Gasteiger partial charge in [0.25, 0.3) is 0 Å². The van der Waals surface area contributed by atoms with Gasteiger partial charge in [-0.1, -0.05) is 20.8 Å². The summed E-state index contributed by atoms with van der Waals surface area (Å²) in [6.07, 6.45) is 0. The third-order valence-electron chi connectivity index (χ3n) is 2.68. The summed E-state index contributed by atoms with van der Waals surface area (Å²) < 4.78 is 5.36. The van der Waals surface area contributed by atoms with E-state index in [2.05, 4.69) is 25.8 Å². The Morgan fingerprint density at radius 3 is 2.33 bits per heavy atom. The predicted octanol–water partition coefficient (Wildman–Crippen LogP) is 3.44. The quantitative estimate of drug-likeness (QED) is 0.854. The van der Waals surface area contributed by atoms with E-state index in [1.54, 1.807) is 0 Å². The number of nitrogens with two attached hydrogens (primary N) is 1. The molecule has 5 heteroatoms. The molecule has 1 atom stereocenters. The molecule has 1 aromatic rings. The van der Waals surface area contributed by atoms with E-state index >= 15 is 0 Å². The van der Waals surface area contributed by atoms with Crippen LogP contribution >= 0.6 is 11.3 Å². The molecule has 0 radical (unpaired) electrons. The summed E-state index contributed by atoms with van der Waals surface area (Å²) in [7, 11) is 0. The van der Waals surface area contributed by atoms with Crippen molar-refractivity contribution in [1.29, 1.82) is 0 Å². The van der Waals surface area contributed by atoms with E-state index in [0.717, 1.165) is 4.88 Å². The molecule has 0 fully saturated rings. The van der Waals surface area contributed by atoms with E-state index in [0.29, 0.717) is 16.7 Å². The zero-order chi connectivity index (χ0) is 14.1. The lowest BCUT2D eigenvalue weighted by Crippen LogP contribution is -2.25. The van der Waals surface area contributed by atoms with Crippen molar-refractivity contribution in [2.45, 2.75) is 53.1 Å². The third kappa shape index (κ3) is 3.70. The summed E-state index contributed by atoms with van der Waals surface area (Å²) in [4.78, 5) is 17.1. The van der Waals surface area contributed by atoms with Crippen LogP contribution in [0.5, 0.6) is 0 Å². The maximum atomic E-state index is 12.1. The van der Waals surface area contributed by atoms with E-state index in [4.69, 9.17) is 10.5 Å². The number of esters is 1. The number of nitrogens with zero attached hydrogens (tertiary/aromatic N) is 1. The van der Waals surface area contributed by atoms with E-state index in [1.165, 1.54) is 11.3 Å². The first-order valence-corrected chi connectivity index (χ1v) is 6.93. The number of anilines is 1. The van der Waals surface area contributed by atoms with E-state index in [1.807, 2.05) is 20.8 Å². The first kappa shape index (κ1) is 15.0. The van der Waals surface area contributed by atoms with E-state index in [-0.39, 0.29) is 5.92 Å². The normalized spacial score (nSPS) is 13.7. The van der Waals surface area contributed by atoms with Crippen molar-refractivity contribution in [3.63, 3.8) is 0 Å². The molecular formula is C13H22N2O2S. The molecule has 1 heterocycles. The zero-order valence-corrected chi connectivity index (χ0v) is 12.7. The van der Waals surface area contributed by atoms with Crippen molar-refractivity contribution in [2.75, 3.05) is 5.73 Å². The number of ether oxygens (including phenoxy) is 1. The van der Waals surface area contributed by atoms with Gasteiger partial charge in [0, 0.05) is 4.88 Å². The van der Waals surface area contributed by atoms with Gasteiger partial charge in [-0.25, -0.2) is 9.78 Å². The first-order valence-electron chi connectivity index (χ1n) is 6.11. The fraction of sp³-hybridized carbons (Fsp3) is 0.692.